The van der Waals surface area contributed by atoms with Crippen LogP contribution in [0.5, 0.6) is 5.88 Å². The van der Waals surface area contributed by atoms with E-state index in [1.54, 1.807) is 51.3 Å². The lowest BCUT2D eigenvalue weighted by molar-refractivity contribution is -0.573. The first-order valence-corrected chi connectivity index (χ1v) is 13.2. The molecule has 214 valence electrons. The third kappa shape index (κ3) is 6.69. The van der Waals surface area contributed by atoms with Crippen LogP contribution >= 0.6 is 0 Å². The topological polar surface area (TPSA) is 136 Å². The first kappa shape index (κ1) is 29.2. The van der Waals surface area contributed by atoms with Gasteiger partial charge in [-0.15, -0.1) is 0 Å². The molecule has 0 spiro atoms. The van der Waals surface area contributed by atoms with Crippen molar-refractivity contribution in [3.8, 4) is 5.88 Å². The number of aromatic nitrogens is 2. The predicted molar refractivity (Wildman–Crippen MR) is 155 cm³/mol. The van der Waals surface area contributed by atoms with Crippen LogP contribution in [0.1, 0.15) is 38.8 Å². The van der Waals surface area contributed by atoms with Crippen molar-refractivity contribution in [1.82, 2.24) is 14.5 Å². The van der Waals surface area contributed by atoms with Crippen molar-refractivity contribution in [3.05, 3.63) is 83.1 Å². The van der Waals surface area contributed by atoms with E-state index in [0.717, 1.165) is 17.6 Å². The molecule has 0 saturated heterocycles. The van der Waals surface area contributed by atoms with E-state index in [0.29, 0.717) is 34.7 Å². The number of carbonyl (C=O) groups excluding carboxylic acids is 2. The van der Waals surface area contributed by atoms with Crippen LogP contribution in [0.2, 0.25) is 0 Å². The summed E-state index contributed by atoms with van der Waals surface area (Å²) < 4.78 is 17.5. The van der Waals surface area contributed by atoms with Gasteiger partial charge in [-0.25, -0.2) is 19.5 Å². The first-order chi connectivity index (χ1) is 19.5. The van der Waals surface area contributed by atoms with E-state index in [4.69, 9.17) is 24.6 Å². The summed E-state index contributed by atoms with van der Waals surface area (Å²) in [6, 6.07) is 13.5. The van der Waals surface area contributed by atoms with Gasteiger partial charge in [-0.2, -0.15) is 9.98 Å². The van der Waals surface area contributed by atoms with Crippen molar-refractivity contribution < 1.29 is 29.1 Å². The highest BCUT2D eigenvalue weighted by atomic mass is 16.6. The number of nitrogens with zero attached hydrogens (tertiary/aromatic N) is 4. The minimum Gasteiger partial charge on any atom is -0.481 e. The highest BCUT2D eigenvalue weighted by Gasteiger charge is 2.29. The number of nitrogens with one attached hydrogen (secondary N) is 1. The van der Waals surface area contributed by atoms with Crippen LogP contribution in [0, 0.1) is 5.41 Å². The molecule has 0 radical (unpaired) electrons. The average molecular weight is 560 g/mol. The Balaban J connectivity index is 1.90. The standard InChI is InChI=1S/C30H34N6O5/c1-7-40-28(37)21(16-31)26-32-23(15-24(33-26)35(5)17-19-11-9-8-10-12-19)22-18-36(29(38)41-30(2,3)4)27-20(22)13-14-25(34-27)39-6/h8-16,18,31,33H,7,17H2,1-6H3/p+1/b26-21+,31-16?. The van der Waals surface area contributed by atoms with Crippen molar-refractivity contribution in [2.75, 3.05) is 20.8 Å². The molecule has 4 rings (SSSR count). The summed E-state index contributed by atoms with van der Waals surface area (Å²) in [5.74, 6) is 0.702. The average Bonchev–Trinajstić information content (AvgIpc) is 3.32. The van der Waals surface area contributed by atoms with Crippen LogP contribution in [0.3, 0.4) is 0 Å². The molecule has 0 fully saturated rings. The molecular weight excluding hydrogens is 524 g/mol. The lowest BCUT2D eigenvalue weighted by atomic mass is 10.1. The van der Waals surface area contributed by atoms with Gasteiger partial charge in [0.2, 0.25) is 17.5 Å². The van der Waals surface area contributed by atoms with Crippen LogP contribution < -0.4 is 10.1 Å². The van der Waals surface area contributed by atoms with E-state index >= 15 is 0 Å². The Bertz CT molecular complexity index is 1560. The van der Waals surface area contributed by atoms with Gasteiger partial charge >= 0.3 is 12.1 Å². The molecule has 0 atom stereocenters. The number of aliphatic imine (C=N–C) groups is 1. The minimum absolute atomic E-state index is 0.0127. The molecule has 3 heterocycles. The van der Waals surface area contributed by atoms with Gasteiger partial charge in [0, 0.05) is 49.1 Å². The van der Waals surface area contributed by atoms with Crippen molar-refractivity contribution in [2.24, 2.45) is 4.99 Å². The van der Waals surface area contributed by atoms with Gasteiger partial charge < -0.3 is 24.5 Å². The Morgan fingerprint density at radius 2 is 1.88 bits per heavy atom. The van der Waals surface area contributed by atoms with Gasteiger partial charge in [-0.1, -0.05) is 30.3 Å². The maximum atomic E-state index is 13.2. The maximum Gasteiger partial charge on any atom is 0.420 e. The number of hydrogen-bond acceptors (Lipinski definition) is 9. The lowest BCUT2D eigenvalue weighted by Gasteiger charge is -2.23. The summed E-state index contributed by atoms with van der Waals surface area (Å²) in [6.45, 7) is 7.81. The number of benzene rings is 1. The molecule has 1 aromatic carbocycles. The second-order valence-electron chi connectivity index (χ2n) is 10.3. The number of allylic oxidation sites excluding steroid dienone is 1. The third-order valence-electron chi connectivity index (χ3n) is 6.13. The van der Waals surface area contributed by atoms with Crippen molar-refractivity contribution in [3.63, 3.8) is 0 Å². The van der Waals surface area contributed by atoms with Crippen LogP contribution in [0.25, 0.3) is 11.0 Å². The summed E-state index contributed by atoms with van der Waals surface area (Å²) in [5, 5.41) is 10.3. The number of quaternary nitrogens is 1. The zero-order chi connectivity index (χ0) is 29.7. The monoisotopic (exact) mass is 559 g/mol. The van der Waals surface area contributed by atoms with Crippen LogP contribution in [0.4, 0.5) is 4.79 Å². The van der Waals surface area contributed by atoms with Crippen LogP contribution in [-0.2, 0) is 20.8 Å². The molecule has 1 aliphatic rings. The summed E-state index contributed by atoms with van der Waals surface area (Å²) >= 11 is 0. The number of esters is 1. The van der Waals surface area contributed by atoms with Gasteiger partial charge in [0.1, 0.15) is 5.60 Å². The van der Waals surface area contributed by atoms with Gasteiger partial charge in [-0.3, -0.25) is 0 Å². The zero-order valence-corrected chi connectivity index (χ0v) is 24.1. The number of fused-ring (bicyclic) bond motifs is 1. The van der Waals surface area contributed by atoms with E-state index in [9.17, 15) is 9.59 Å². The molecule has 0 amide bonds. The fourth-order valence-corrected chi connectivity index (χ4v) is 4.26. The predicted octanol–water partition coefficient (Wildman–Crippen LogP) is 3.59. The fraction of sp³-hybridized carbons (Fsp3) is 0.300. The van der Waals surface area contributed by atoms with Crippen LogP contribution in [-0.4, -0.2) is 64.8 Å². The van der Waals surface area contributed by atoms with Gasteiger partial charge in [-0.05, 0) is 39.3 Å². The van der Waals surface area contributed by atoms with Gasteiger partial charge in [0.25, 0.3) is 0 Å². The summed E-state index contributed by atoms with van der Waals surface area (Å²) in [6.07, 6.45) is 3.83. The van der Waals surface area contributed by atoms with E-state index < -0.39 is 17.7 Å². The molecule has 11 heteroatoms. The Labute approximate surface area is 238 Å². The smallest absolute Gasteiger partial charge is 0.420 e. The Morgan fingerprint density at radius 1 is 1.15 bits per heavy atom. The van der Waals surface area contributed by atoms with Gasteiger partial charge in [0.05, 0.1) is 19.4 Å². The second-order valence-corrected chi connectivity index (χ2v) is 10.3. The molecular formula is C30H35N6O5+. The lowest BCUT2D eigenvalue weighted by Crippen LogP contribution is -2.83. The van der Waals surface area contributed by atoms with E-state index in [1.165, 1.54) is 11.7 Å². The highest BCUT2D eigenvalue weighted by molar-refractivity contribution is 6.18. The number of pyridine rings is 1. The number of methoxy groups -OCH3 is 1. The number of rotatable bonds is 8. The number of carbonyl (C=O) groups is 2. The maximum absolute atomic E-state index is 13.2. The Morgan fingerprint density at radius 3 is 2.51 bits per heavy atom. The molecule has 3 N–H and O–H groups in total. The molecule has 41 heavy (non-hydrogen) atoms. The third-order valence-corrected chi connectivity index (χ3v) is 6.13. The summed E-state index contributed by atoms with van der Waals surface area (Å²) in [4.78, 5) is 37.3. The van der Waals surface area contributed by atoms with Crippen molar-refractivity contribution in [2.45, 2.75) is 39.8 Å². The quantitative estimate of drug-likeness (QED) is 0.245. The molecule has 0 bridgehead atoms. The van der Waals surface area contributed by atoms with Gasteiger partial charge in [0.15, 0.2) is 11.2 Å². The SMILES string of the molecule is CCOC(=O)/C(C=N)=C1\N=C(c2cn(C(=O)OC(C)(C)C)c3nc(OC)ccc23)C=C(N(C)Cc2ccccc2)[NH2+]1. The number of hydrogen-bond donors (Lipinski definition) is 2. The number of ether oxygens (including phenoxy) is 3. The normalized spacial score (nSPS) is 14.6. The number of nitrogens with two attached hydrogens (primary N) is 1. The van der Waals surface area contributed by atoms with Crippen LogP contribution in [0.15, 0.2) is 76.9 Å². The second kappa shape index (κ2) is 12.2. The molecule has 11 nitrogen and oxygen atoms in total. The molecule has 1 aliphatic heterocycles. The first-order valence-electron chi connectivity index (χ1n) is 13.2. The molecule has 2 aromatic heterocycles. The largest absolute Gasteiger partial charge is 0.481 e. The zero-order valence-electron chi connectivity index (χ0n) is 24.1. The Kier molecular flexibility index (Phi) is 8.68. The van der Waals surface area contributed by atoms with E-state index in [-0.39, 0.29) is 18.0 Å². The van der Waals surface area contributed by atoms with E-state index in [2.05, 4.69) is 4.98 Å². The summed E-state index contributed by atoms with van der Waals surface area (Å²) in [5.41, 5.74) is 1.77. The van der Waals surface area contributed by atoms with Crippen molar-refractivity contribution >= 4 is 35.0 Å². The molecule has 0 aliphatic carbocycles. The van der Waals surface area contributed by atoms with Crippen molar-refractivity contribution in [1.29, 1.82) is 5.41 Å². The molecule has 0 saturated carbocycles. The fourth-order valence-electron chi connectivity index (χ4n) is 4.26. The molecule has 3 aromatic rings. The highest BCUT2D eigenvalue weighted by Crippen LogP contribution is 2.26. The minimum atomic E-state index is -0.731. The molecule has 0 unspecified atom stereocenters. The Hall–Kier alpha value is -4.77. The summed E-state index contributed by atoms with van der Waals surface area (Å²) in [7, 11) is 3.43. The van der Waals surface area contributed by atoms with E-state index in [1.807, 2.05) is 48.4 Å².